The SMILES string of the molecule is CCCN(Cc1ccc(C#N)cc1)Cc1ccc(Br)s1. The minimum absolute atomic E-state index is 0.720. The zero-order valence-corrected chi connectivity index (χ0v) is 13.9. The van der Waals surface area contributed by atoms with Crippen molar-refractivity contribution in [3.05, 3.63) is 56.2 Å². The third kappa shape index (κ3) is 4.45. The van der Waals surface area contributed by atoms with Gasteiger partial charge in [0, 0.05) is 18.0 Å². The van der Waals surface area contributed by atoms with Gasteiger partial charge in [0.25, 0.3) is 0 Å². The molecule has 2 aromatic rings. The van der Waals surface area contributed by atoms with E-state index in [4.69, 9.17) is 5.26 Å². The van der Waals surface area contributed by atoms with Gasteiger partial charge in [-0.3, -0.25) is 4.90 Å². The van der Waals surface area contributed by atoms with E-state index >= 15 is 0 Å². The lowest BCUT2D eigenvalue weighted by atomic mass is 10.1. The lowest BCUT2D eigenvalue weighted by Gasteiger charge is -2.21. The molecule has 104 valence electrons. The number of hydrogen-bond acceptors (Lipinski definition) is 3. The van der Waals surface area contributed by atoms with Crippen molar-refractivity contribution in [2.24, 2.45) is 0 Å². The molecule has 0 fully saturated rings. The Morgan fingerprint density at radius 3 is 2.45 bits per heavy atom. The Morgan fingerprint density at radius 2 is 1.90 bits per heavy atom. The van der Waals surface area contributed by atoms with Crippen LogP contribution in [0.25, 0.3) is 0 Å². The first kappa shape index (κ1) is 15.2. The molecule has 1 aromatic carbocycles. The fraction of sp³-hybridized carbons (Fsp3) is 0.312. The third-order valence-electron chi connectivity index (χ3n) is 3.04. The van der Waals surface area contributed by atoms with E-state index < -0.39 is 0 Å². The zero-order chi connectivity index (χ0) is 14.4. The van der Waals surface area contributed by atoms with Gasteiger partial charge >= 0.3 is 0 Å². The summed E-state index contributed by atoms with van der Waals surface area (Å²) in [5.41, 5.74) is 1.98. The van der Waals surface area contributed by atoms with Crippen molar-refractivity contribution in [1.29, 1.82) is 5.26 Å². The molecule has 0 spiro atoms. The van der Waals surface area contributed by atoms with Crippen LogP contribution in [0, 0.1) is 11.3 Å². The second-order valence-corrected chi connectivity index (χ2v) is 7.27. The predicted molar refractivity (Wildman–Crippen MR) is 87.6 cm³/mol. The molecule has 1 aromatic heterocycles. The number of benzene rings is 1. The van der Waals surface area contributed by atoms with Crippen LogP contribution in [-0.2, 0) is 13.1 Å². The van der Waals surface area contributed by atoms with Gasteiger partial charge in [0.1, 0.15) is 0 Å². The first-order valence-corrected chi connectivity index (χ1v) is 8.28. The minimum Gasteiger partial charge on any atom is -0.294 e. The van der Waals surface area contributed by atoms with E-state index in [9.17, 15) is 0 Å². The Labute approximate surface area is 132 Å². The molecule has 2 nitrogen and oxygen atoms in total. The van der Waals surface area contributed by atoms with Gasteiger partial charge in [0.15, 0.2) is 0 Å². The van der Waals surface area contributed by atoms with E-state index in [-0.39, 0.29) is 0 Å². The summed E-state index contributed by atoms with van der Waals surface area (Å²) in [6.45, 7) is 5.19. The van der Waals surface area contributed by atoms with Crippen LogP contribution in [0.1, 0.15) is 29.3 Å². The highest BCUT2D eigenvalue weighted by Crippen LogP contribution is 2.24. The van der Waals surface area contributed by atoms with Gasteiger partial charge in [-0.25, -0.2) is 0 Å². The summed E-state index contributed by atoms with van der Waals surface area (Å²) in [6, 6.07) is 14.3. The highest BCUT2D eigenvalue weighted by Gasteiger charge is 2.08. The molecule has 0 aliphatic carbocycles. The number of hydrogen-bond donors (Lipinski definition) is 0. The van der Waals surface area contributed by atoms with Crippen molar-refractivity contribution in [3.8, 4) is 6.07 Å². The molecule has 20 heavy (non-hydrogen) atoms. The van der Waals surface area contributed by atoms with E-state index in [1.165, 1.54) is 14.2 Å². The van der Waals surface area contributed by atoms with Gasteiger partial charge in [-0.1, -0.05) is 19.1 Å². The number of halogens is 1. The molecular weight excluding hydrogens is 332 g/mol. The molecule has 1 heterocycles. The molecule has 0 saturated carbocycles. The highest BCUT2D eigenvalue weighted by atomic mass is 79.9. The summed E-state index contributed by atoms with van der Waals surface area (Å²) < 4.78 is 1.18. The van der Waals surface area contributed by atoms with Crippen LogP contribution in [0.5, 0.6) is 0 Å². The largest absolute Gasteiger partial charge is 0.294 e. The maximum Gasteiger partial charge on any atom is 0.0991 e. The Balaban J connectivity index is 2.02. The average Bonchev–Trinajstić information content (AvgIpc) is 2.85. The molecule has 2 rings (SSSR count). The van der Waals surface area contributed by atoms with E-state index in [0.29, 0.717) is 0 Å². The Bertz CT molecular complexity index is 583. The molecule has 0 radical (unpaired) electrons. The summed E-state index contributed by atoms with van der Waals surface area (Å²) in [5.74, 6) is 0. The first-order chi connectivity index (χ1) is 9.71. The standard InChI is InChI=1S/C16H17BrN2S/c1-2-9-19(12-15-7-8-16(17)20-15)11-14-5-3-13(10-18)4-6-14/h3-8H,2,9,11-12H2,1H3. The van der Waals surface area contributed by atoms with Crippen LogP contribution in [0.2, 0.25) is 0 Å². The van der Waals surface area contributed by atoms with E-state index in [1.807, 2.05) is 24.3 Å². The van der Waals surface area contributed by atoms with Crippen LogP contribution in [0.3, 0.4) is 0 Å². The van der Waals surface area contributed by atoms with Crippen molar-refractivity contribution < 1.29 is 0 Å². The topological polar surface area (TPSA) is 27.0 Å². The van der Waals surface area contributed by atoms with Crippen molar-refractivity contribution in [2.45, 2.75) is 26.4 Å². The molecule has 4 heteroatoms. The Morgan fingerprint density at radius 1 is 1.15 bits per heavy atom. The quantitative estimate of drug-likeness (QED) is 0.749. The van der Waals surface area contributed by atoms with E-state index in [0.717, 1.165) is 31.6 Å². The average molecular weight is 349 g/mol. The Hall–Kier alpha value is -1.15. The third-order valence-corrected chi connectivity index (χ3v) is 4.65. The molecule has 0 saturated heterocycles. The lowest BCUT2D eigenvalue weighted by Crippen LogP contribution is -2.23. The molecule has 0 unspecified atom stereocenters. The second kappa shape index (κ2) is 7.58. The van der Waals surface area contributed by atoms with Crippen molar-refractivity contribution >= 4 is 27.3 Å². The molecular formula is C16H17BrN2S. The molecule has 0 atom stereocenters. The van der Waals surface area contributed by atoms with Crippen LogP contribution in [-0.4, -0.2) is 11.4 Å². The van der Waals surface area contributed by atoms with E-state index in [2.05, 4.69) is 46.0 Å². The summed E-state index contributed by atoms with van der Waals surface area (Å²) >= 11 is 5.30. The molecule has 0 amide bonds. The lowest BCUT2D eigenvalue weighted by molar-refractivity contribution is 0.259. The van der Waals surface area contributed by atoms with Crippen molar-refractivity contribution in [3.63, 3.8) is 0 Å². The highest BCUT2D eigenvalue weighted by molar-refractivity contribution is 9.11. The van der Waals surface area contributed by atoms with Gasteiger partial charge < -0.3 is 0 Å². The summed E-state index contributed by atoms with van der Waals surface area (Å²) in [6.07, 6.45) is 1.14. The Kier molecular flexibility index (Phi) is 5.78. The van der Waals surface area contributed by atoms with Gasteiger partial charge in [-0.15, -0.1) is 11.3 Å². The van der Waals surface area contributed by atoms with Gasteiger partial charge in [-0.05, 0) is 58.7 Å². The zero-order valence-electron chi connectivity index (χ0n) is 11.5. The normalized spacial score (nSPS) is 10.7. The van der Waals surface area contributed by atoms with Gasteiger partial charge in [-0.2, -0.15) is 5.26 Å². The van der Waals surface area contributed by atoms with Crippen molar-refractivity contribution in [2.75, 3.05) is 6.54 Å². The fourth-order valence-corrected chi connectivity index (χ4v) is 3.66. The van der Waals surface area contributed by atoms with Gasteiger partial charge in [0.2, 0.25) is 0 Å². The summed E-state index contributed by atoms with van der Waals surface area (Å²) in [4.78, 5) is 3.82. The maximum atomic E-state index is 8.83. The summed E-state index contributed by atoms with van der Waals surface area (Å²) in [5, 5.41) is 8.83. The van der Waals surface area contributed by atoms with Crippen LogP contribution in [0.4, 0.5) is 0 Å². The number of rotatable bonds is 6. The van der Waals surface area contributed by atoms with Crippen LogP contribution < -0.4 is 0 Å². The number of nitrogens with zero attached hydrogens (tertiary/aromatic N) is 2. The second-order valence-electron chi connectivity index (χ2n) is 4.73. The van der Waals surface area contributed by atoms with Gasteiger partial charge in [0.05, 0.1) is 15.4 Å². The summed E-state index contributed by atoms with van der Waals surface area (Å²) in [7, 11) is 0. The van der Waals surface area contributed by atoms with Crippen LogP contribution in [0.15, 0.2) is 40.2 Å². The maximum absolute atomic E-state index is 8.83. The monoisotopic (exact) mass is 348 g/mol. The first-order valence-electron chi connectivity index (χ1n) is 6.67. The molecule has 0 aliphatic heterocycles. The molecule has 0 bridgehead atoms. The van der Waals surface area contributed by atoms with Crippen molar-refractivity contribution in [1.82, 2.24) is 4.90 Å². The smallest absolute Gasteiger partial charge is 0.0991 e. The number of thiophene rings is 1. The molecule has 0 aliphatic rings. The number of nitriles is 1. The van der Waals surface area contributed by atoms with E-state index in [1.54, 1.807) is 11.3 Å². The minimum atomic E-state index is 0.720. The predicted octanol–water partition coefficient (Wildman–Crippen LogP) is 4.79. The molecule has 0 N–H and O–H groups in total. The van der Waals surface area contributed by atoms with Crippen LogP contribution >= 0.6 is 27.3 Å². The fourth-order valence-electron chi connectivity index (χ4n) is 2.13.